The maximum atomic E-state index is 6.05. The molecule has 0 saturated heterocycles. The first-order valence-electron chi connectivity index (χ1n) is 8.24. The molecule has 0 aliphatic carbocycles. The maximum absolute atomic E-state index is 6.05. The predicted molar refractivity (Wildman–Crippen MR) is 118 cm³/mol. The molecular weight excluding hydrogens is 427 g/mol. The first-order chi connectivity index (χ1) is 12.6. The van der Waals surface area contributed by atoms with Crippen LogP contribution < -0.4 is 0 Å². The van der Waals surface area contributed by atoms with Gasteiger partial charge in [-0.15, -0.1) is 0 Å². The molecule has 3 aromatic rings. The SMILES string of the molecule is Clc1ccc(/C=C/C(/C=C(/Br)c2ccccc2)c2ccc(Cl)cc2)cc1. The van der Waals surface area contributed by atoms with Gasteiger partial charge in [0, 0.05) is 20.4 Å². The highest BCUT2D eigenvalue weighted by Crippen LogP contribution is 2.29. The Labute approximate surface area is 172 Å². The number of allylic oxidation sites excluding steroid dienone is 2. The summed E-state index contributed by atoms with van der Waals surface area (Å²) >= 11 is 15.7. The summed E-state index contributed by atoms with van der Waals surface area (Å²) in [5.41, 5.74) is 3.43. The fourth-order valence-corrected chi connectivity index (χ4v) is 3.39. The van der Waals surface area contributed by atoms with Crippen LogP contribution in [0.3, 0.4) is 0 Å². The molecule has 0 radical (unpaired) electrons. The van der Waals surface area contributed by atoms with Gasteiger partial charge in [0.15, 0.2) is 0 Å². The van der Waals surface area contributed by atoms with Crippen LogP contribution in [0.4, 0.5) is 0 Å². The van der Waals surface area contributed by atoms with Gasteiger partial charge in [0.2, 0.25) is 0 Å². The third-order valence-electron chi connectivity index (χ3n) is 4.00. The van der Waals surface area contributed by atoms with E-state index in [0.29, 0.717) is 0 Å². The molecule has 0 aromatic heterocycles. The highest BCUT2D eigenvalue weighted by atomic mass is 79.9. The van der Waals surface area contributed by atoms with Gasteiger partial charge in [-0.2, -0.15) is 0 Å². The maximum Gasteiger partial charge on any atom is 0.0406 e. The largest absolute Gasteiger partial charge is 0.0843 e. The first-order valence-corrected chi connectivity index (χ1v) is 9.79. The van der Waals surface area contributed by atoms with E-state index < -0.39 is 0 Å². The van der Waals surface area contributed by atoms with Gasteiger partial charge in [-0.1, -0.05) is 112 Å². The Hall–Kier alpha value is -1.80. The van der Waals surface area contributed by atoms with Crippen LogP contribution in [0.2, 0.25) is 10.0 Å². The van der Waals surface area contributed by atoms with Crippen LogP contribution in [0, 0.1) is 0 Å². The van der Waals surface area contributed by atoms with Crippen molar-refractivity contribution in [3.05, 3.63) is 118 Å². The standard InChI is InChI=1S/C23H17BrCl2/c24-23(19-4-2-1-3-5-19)16-20(18-10-14-22(26)15-11-18)9-6-17-7-12-21(25)13-8-17/h1-16,20H/b9-6+,23-16+. The van der Waals surface area contributed by atoms with Crippen molar-refractivity contribution in [2.75, 3.05) is 0 Å². The molecule has 0 spiro atoms. The summed E-state index contributed by atoms with van der Waals surface area (Å²) in [6.45, 7) is 0. The van der Waals surface area contributed by atoms with Crippen molar-refractivity contribution in [3.63, 3.8) is 0 Å². The third-order valence-corrected chi connectivity index (χ3v) is 5.22. The second-order valence-corrected chi connectivity index (χ2v) is 7.60. The lowest BCUT2D eigenvalue weighted by molar-refractivity contribution is 1.09. The van der Waals surface area contributed by atoms with Crippen LogP contribution >= 0.6 is 39.1 Å². The van der Waals surface area contributed by atoms with Crippen LogP contribution in [0.15, 0.2) is 91.0 Å². The normalized spacial score (nSPS) is 13.1. The Morgan fingerprint density at radius 3 is 1.96 bits per heavy atom. The lowest BCUT2D eigenvalue weighted by atomic mass is 9.96. The van der Waals surface area contributed by atoms with Gasteiger partial charge in [0.05, 0.1) is 0 Å². The Bertz CT molecular complexity index is 895. The predicted octanol–water partition coefficient (Wildman–Crippen LogP) is 8.23. The Morgan fingerprint density at radius 2 is 1.35 bits per heavy atom. The van der Waals surface area contributed by atoms with Crippen molar-refractivity contribution in [1.82, 2.24) is 0 Å². The average molecular weight is 444 g/mol. The van der Waals surface area contributed by atoms with Gasteiger partial charge in [-0.25, -0.2) is 0 Å². The smallest absolute Gasteiger partial charge is 0.0406 e. The van der Waals surface area contributed by atoms with Crippen LogP contribution in [-0.2, 0) is 0 Å². The Kier molecular flexibility index (Phi) is 6.73. The van der Waals surface area contributed by atoms with E-state index in [2.05, 4.69) is 58.4 Å². The number of halogens is 3. The van der Waals surface area contributed by atoms with E-state index in [1.165, 1.54) is 5.56 Å². The molecule has 3 aromatic carbocycles. The van der Waals surface area contributed by atoms with Crippen LogP contribution in [0.5, 0.6) is 0 Å². The molecule has 0 fully saturated rings. The van der Waals surface area contributed by atoms with Crippen molar-refractivity contribution in [2.24, 2.45) is 0 Å². The molecule has 1 unspecified atom stereocenters. The molecular formula is C23H17BrCl2. The molecule has 1 atom stereocenters. The minimum Gasteiger partial charge on any atom is -0.0843 e. The van der Waals surface area contributed by atoms with Crippen LogP contribution in [0.25, 0.3) is 10.6 Å². The van der Waals surface area contributed by atoms with Gasteiger partial charge in [0.1, 0.15) is 0 Å². The summed E-state index contributed by atoms with van der Waals surface area (Å²) in [5, 5.41) is 1.48. The molecule has 0 bridgehead atoms. The highest BCUT2D eigenvalue weighted by molar-refractivity contribution is 9.15. The molecule has 0 N–H and O–H groups in total. The highest BCUT2D eigenvalue weighted by Gasteiger charge is 2.08. The van der Waals surface area contributed by atoms with Crippen LogP contribution in [0.1, 0.15) is 22.6 Å². The molecule has 0 aliphatic rings. The van der Waals surface area contributed by atoms with Crippen LogP contribution in [-0.4, -0.2) is 0 Å². The van der Waals surface area contributed by atoms with E-state index in [1.54, 1.807) is 0 Å². The molecule has 3 rings (SSSR count). The second-order valence-electron chi connectivity index (χ2n) is 5.87. The fraction of sp³-hybridized carbons (Fsp3) is 0.0435. The van der Waals surface area contributed by atoms with Gasteiger partial charge in [-0.05, 0) is 41.0 Å². The number of benzene rings is 3. The summed E-state index contributed by atoms with van der Waals surface area (Å²) in [4.78, 5) is 0. The molecule has 0 heterocycles. The van der Waals surface area contributed by atoms with Gasteiger partial charge in [0.25, 0.3) is 0 Å². The molecule has 0 nitrogen and oxygen atoms in total. The minimum atomic E-state index is 0.109. The fourth-order valence-electron chi connectivity index (χ4n) is 2.59. The first kappa shape index (κ1) is 19.0. The number of rotatable bonds is 5. The second kappa shape index (κ2) is 9.23. The average Bonchev–Trinajstić information content (AvgIpc) is 2.67. The van der Waals surface area contributed by atoms with E-state index >= 15 is 0 Å². The monoisotopic (exact) mass is 442 g/mol. The summed E-state index contributed by atoms with van der Waals surface area (Å²) in [5.74, 6) is 0.109. The zero-order valence-corrected chi connectivity index (χ0v) is 17.0. The van der Waals surface area contributed by atoms with Crippen molar-refractivity contribution >= 4 is 49.7 Å². The van der Waals surface area contributed by atoms with E-state index in [9.17, 15) is 0 Å². The summed E-state index contributed by atoms with van der Waals surface area (Å²) < 4.78 is 1.05. The molecule has 0 aliphatic heterocycles. The Balaban J connectivity index is 1.93. The Morgan fingerprint density at radius 1 is 0.769 bits per heavy atom. The molecule has 130 valence electrons. The van der Waals surface area contributed by atoms with Gasteiger partial charge in [-0.3, -0.25) is 0 Å². The minimum absolute atomic E-state index is 0.109. The number of hydrogen-bond donors (Lipinski definition) is 0. The third kappa shape index (κ3) is 5.35. The molecule has 0 amide bonds. The molecule has 3 heteroatoms. The zero-order valence-electron chi connectivity index (χ0n) is 13.9. The van der Waals surface area contributed by atoms with E-state index in [1.807, 2.05) is 54.6 Å². The van der Waals surface area contributed by atoms with Crippen molar-refractivity contribution in [2.45, 2.75) is 5.92 Å². The van der Waals surface area contributed by atoms with E-state index in [0.717, 1.165) is 25.7 Å². The topological polar surface area (TPSA) is 0 Å². The summed E-state index contributed by atoms with van der Waals surface area (Å²) in [7, 11) is 0. The zero-order chi connectivity index (χ0) is 18.4. The van der Waals surface area contributed by atoms with Gasteiger partial charge < -0.3 is 0 Å². The lowest BCUT2D eigenvalue weighted by Crippen LogP contribution is -1.92. The molecule has 26 heavy (non-hydrogen) atoms. The van der Waals surface area contributed by atoms with Crippen molar-refractivity contribution < 1.29 is 0 Å². The van der Waals surface area contributed by atoms with E-state index in [-0.39, 0.29) is 5.92 Å². The summed E-state index contributed by atoms with van der Waals surface area (Å²) in [6.07, 6.45) is 6.49. The number of hydrogen-bond acceptors (Lipinski definition) is 0. The molecule has 0 saturated carbocycles. The quantitative estimate of drug-likeness (QED) is 0.372. The summed E-state index contributed by atoms with van der Waals surface area (Å²) in [6, 6.07) is 26.0. The van der Waals surface area contributed by atoms with E-state index in [4.69, 9.17) is 23.2 Å². The lowest BCUT2D eigenvalue weighted by Gasteiger charge is -2.11. The van der Waals surface area contributed by atoms with Crippen molar-refractivity contribution in [3.8, 4) is 0 Å². The van der Waals surface area contributed by atoms with Gasteiger partial charge >= 0.3 is 0 Å². The van der Waals surface area contributed by atoms with Crippen molar-refractivity contribution in [1.29, 1.82) is 0 Å².